The maximum Gasteiger partial charge on any atom is 0.416 e. The van der Waals surface area contributed by atoms with Crippen molar-refractivity contribution in [2.75, 3.05) is 6.54 Å². The van der Waals surface area contributed by atoms with Gasteiger partial charge in [0.2, 0.25) is 0 Å². The fraction of sp³-hybridized carbons (Fsp3) is 0.304. The molecule has 2 aromatic carbocycles. The highest BCUT2D eigenvalue weighted by atomic mass is 19.4. The van der Waals surface area contributed by atoms with E-state index in [0.717, 1.165) is 5.56 Å². The monoisotopic (exact) mass is 487 g/mol. The molecular weight excluding hydrogens is 468 g/mol. The van der Waals surface area contributed by atoms with Gasteiger partial charge in [-0.3, -0.25) is 9.59 Å². The summed E-state index contributed by atoms with van der Waals surface area (Å²) in [6.45, 7) is 2.34. The minimum Gasteiger partial charge on any atom is -0.507 e. The van der Waals surface area contributed by atoms with Crippen LogP contribution in [0, 0.1) is 6.92 Å². The molecule has 1 amide bonds. The second-order valence-corrected chi connectivity index (χ2v) is 7.96. The molecule has 0 radical (unpaired) electrons. The summed E-state index contributed by atoms with van der Waals surface area (Å²) < 4.78 is 81.0. The average molecular weight is 487 g/mol. The van der Waals surface area contributed by atoms with E-state index in [1.165, 1.54) is 19.1 Å². The minimum atomic E-state index is -5.29. The fourth-order valence-electron chi connectivity index (χ4n) is 3.76. The van der Waals surface area contributed by atoms with E-state index in [-0.39, 0.29) is 11.6 Å². The standard InChI is InChI=1S/C23H19F6NO4/c1-11-3-5-13(6-4-11)19(32)17-18(30(10-12(2)31)21(34)20(17)33)15-8-7-14(22(24,25)26)9-16(15)23(27,28)29/h3-9,12,18,31-32H,10H2,1-2H3. The van der Waals surface area contributed by atoms with Crippen LogP contribution in [0.15, 0.2) is 48.0 Å². The van der Waals surface area contributed by atoms with E-state index < -0.39 is 70.8 Å². The van der Waals surface area contributed by atoms with Gasteiger partial charge in [0.1, 0.15) is 5.76 Å². The number of aryl methyl sites for hydroxylation is 1. The van der Waals surface area contributed by atoms with Gasteiger partial charge in [-0.05, 0) is 31.5 Å². The van der Waals surface area contributed by atoms with Crippen LogP contribution in [0.3, 0.4) is 0 Å². The first kappa shape index (κ1) is 25.3. The first-order chi connectivity index (χ1) is 15.6. The number of aliphatic hydroxyl groups excluding tert-OH is 2. The number of ketones is 1. The normalized spacial score (nSPS) is 19.6. The Kier molecular flexibility index (Phi) is 6.53. The van der Waals surface area contributed by atoms with E-state index in [1.807, 2.05) is 0 Å². The van der Waals surface area contributed by atoms with E-state index >= 15 is 0 Å². The van der Waals surface area contributed by atoms with Crippen LogP contribution in [0.4, 0.5) is 26.3 Å². The van der Waals surface area contributed by atoms with Gasteiger partial charge in [0.05, 0.1) is 28.8 Å². The molecule has 2 aromatic rings. The summed E-state index contributed by atoms with van der Waals surface area (Å²) in [5.41, 5.74) is -4.07. The van der Waals surface area contributed by atoms with Gasteiger partial charge >= 0.3 is 12.4 Å². The SMILES string of the molecule is Cc1ccc(C(O)=C2C(=O)C(=O)N(CC(C)O)C2c2ccc(C(F)(F)F)cc2C(F)(F)F)cc1. The van der Waals surface area contributed by atoms with E-state index in [9.17, 15) is 46.1 Å². The number of β-amino-alcohol motifs (C(OH)–C–C–N with tert-alkyl or cyclic N) is 1. The minimum absolute atomic E-state index is 0.0196. The Hall–Kier alpha value is -3.34. The highest BCUT2D eigenvalue weighted by molar-refractivity contribution is 6.46. The Morgan fingerprint density at radius 2 is 1.59 bits per heavy atom. The zero-order valence-electron chi connectivity index (χ0n) is 17.8. The van der Waals surface area contributed by atoms with E-state index in [0.29, 0.717) is 17.0 Å². The molecule has 0 bridgehead atoms. The van der Waals surface area contributed by atoms with Crippen LogP contribution in [-0.4, -0.2) is 39.5 Å². The highest BCUT2D eigenvalue weighted by Crippen LogP contribution is 2.46. The average Bonchev–Trinajstić information content (AvgIpc) is 2.96. The molecule has 2 N–H and O–H groups in total. The number of carbonyl (C=O) groups excluding carboxylic acids is 2. The number of carbonyl (C=O) groups is 2. The van der Waals surface area contributed by atoms with Gasteiger partial charge in [0.15, 0.2) is 0 Å². The molecule has 1 heterocycles. The van der Waals surface area contributed by atoms with Gasteiger partial charge in [-0.25, -0.2) is 0 Å². The van der Waals surface area contributed by atoms with Crippen LogP contribution in [0.1, 0.15) is 40.8 Å². The fourth-order valence-corrected chi connectivity index (χ4v) is 3.76. The van der Waals surface area contributed by atoms with Crippen LogP contribution in [0.25, 0.3) is 5.76 Å². The molecule has 1 aliphatic rings. The van der Waals surface area contributed by atoms with Gasteiger partial charge in [-0.15, -0.1) is 0 Å². The van der Waals surface area contributed by atoms with Gasteiger partial charge in [0, 0.05) is 12.1 Å². The Bertz CT molecular complexity index is 1150. The summed E-state index contributed by atoms with van der Waals surface area (Å²) in [7, 11) is 0. The first-order valence-corrected chi connectivity index (χ1v) is 9.94. The van der Waals surface area contributed by atoms with E-state index in [2.05, 4.69) is 0 Å². The molecule has 34 heavy (non-hydrogen) atoms. The van der Waals surface area contributed by atoms with E-state index in [4.69, 9.17) is 0 Å². The second-order valence-electron chi connectivity index (χ2n) is 7.96. The zero-order valence-corrected chi connectivity index (χ0v) is 17.8. The Balaban J connectivity index is 2.33. The number of halogens is 6. The van der Waals surface area contributed by atoms with Crippen LogP contribution >= 0.6 is 0 Å². The number of hydrogen-bond donors (Lipinski definition) is 2. The highest BCUT2D eigenvalue weighted by Gasteiger charge is 2.50. The maximum absolute atomic E-state index is 13.9. The van der Waals surface area contributed by atoms with Crippen molar-refractivity contribution < 1.29 is 46.1 Å². The molecule has 3 rings (SSSR count). The lowest BCUT2D eigenvalue weighted by atomic mass is 9.90. The molecule has 1 aliphatic heterocycles. The molecule has 182 valence electrons. The van der Waals surface area contributed by atoms with Crippen molar-refractivity contribution in [3.05, 3.63) is 75.9 Å². The van der Waals surface area contributed by atoms with Gasteiger partial charge in [-0.1, -0.05) is 35.9 Å². The van der Waals surface area contributed by atoms with Crippen molar-refractivity contribution in [1.29, 1.82) is 0 Å². The van der Waals surface area contributed by atoms with Crippen molar-refractivity contribution in [3.8, 4) is 0 Å². The Labute approximate surface area is 189 Å². The van der Waals surface area contributed by atoms with Crippen LogP contribution in [0.2, 0.25) is 0 Å². The first-order valence-electron chi connectivity index (χ1n) is 9.94. The second kappa shape index (κ2) is 8.79. The van der Waals surface area contributed by atoms with Gasteiger partial charge in [0.25, 0.3) is 11.7 Å². The van der Waals surface area contributed by atoms with Crippen molar-refractivity contribution in [1.82, 2.24) is 4.90 Å². The number of aliphatic hydroxyl groups is 2. The quantitative estimate of drug-likeness (QED) is 0.280. The zero-order chi connectivity index (χ0) is 25.6. The van der Waals surface area contributed by atoms with Crippen LogP contribution in [0.5, 0.6) is 0 Å². The molecule has 5 nitrogen and oxygen atoms in total. The maximum atomic E-state index is 13.9. The number of likely N-dealkylation sites (tertiary alicyclic amines) is 1. The number of amides is 1. The lowest BCUT2D eigenvalue weighted by Crippen LogP contribution is -2.36. The topological polar surface area (TPSA) is 77.8 Å². The van der Waals surface area contributed by atoms with Crippen molar-refractivity contribution in [2.24, 2.45) is 0 Å². The molecule has 1 fully saturated rings. The number of Topliss-reactive ketones (excluding diaryl/α,β-unsaturated/α-hetero) is 1. The molecule has 1 saturated heterocycles. The number of nitrogens with zero attached hydrogens (tertiary/aromatic N) is 1. The largest absolute Gasteiger partial charge is 0.507 e. The Morgan fingerprint density at radius 1 is 1.00 bits per heavy atom. The molecule has 2 unspecified atom stereocenters. The summed E-state index contributed by atoms with van der Waals surface area (Å²) in [5, 5.41) is 20.6. The number of alkyl halides is 6. The molecule has 0 aliphatic carbocycles. The molecule has 0 aromatic heterocycles. The van der Waals surface area contributed by atoms with Crippen LogP contribution < -0.4 is 0 Å². The number of rotatable bonds is 4. The summed E-state index contributed by atoms with van der Waals surface area (Å²) in [5.74, 6) is -3.41. The predicted octanol–water partition coefficient (Wildman–Crippen LogP) is 4.84. The molecule has 0 spiro atoms. The van der Waals surface area contributed by atoms with Crippen LogP contribution in [-0.2, 0) is 21.9 Å². The molecular formula is C23H19F6NO4. The van der Waals surface area contributed by atoms with Gasteiger partial charge < -0.3 is 15.1 Å². The summed E-state index contributed by atoms with van der Waals surface area (Å²) in [4.78, 5) is 26.1. The Morgan fingerprint density at radius 3 is 2.09 bits per heavy atom. The van der Waals surface area contributed by atoms with Crippen molar-refractivity contribution in [3.63, 3.8) is 0 Å². The van der Waals surface area contributed by atoms with Gasteiger partial charge in [-0.2, -0.15) is 26.3 Å². The summed E-state index contributed by atoms with van der Waals surface area (Å²) in [6.07, 6.45) is -11.7. The third-order valence-corrected chi connectivity index (χ3v) is 5.31. The summed E-state index contributed by atoms with van der Waals surface area (Å²) >= 11 is 0. The lowest BCUT2D eigenvalue weighted by molar-refractivity contribution is -0.144. The summed E-state index contributed by atoms with van der Waals surface area (Å²) in [6, 6.07) is 4.80. The number of benzene rings is 2. The molecule has 11 heteroatoms. The predicted molar refractivity (Wildman–Crippen MR) is 108 cm³/mol. The van der Waals surface area contributed by atoms with E-state index in [1.54, 1.807) is 19.1 Å². The molecule has 2 atom stereocenters. The third-order valence-electron chi connectivity index (χ3n) is 5.31. The number of hydrogen-bond acceptors (Lipinski definition) is 4. The third kappa shape index (κ3) is 4.79. The van der Waals surface area contributed by atoms with Crippen molar-refractivity contribution in [2.45, 2.75) is 38.3 Å². The van der Waals surface area contributed by atoms with Crippen molar-refractivity contribution >= 4 is 17.4 Å². The smallest absolute Gasteiger partial charge is 0.416 e. The molecule has 0 saturated carbocycles. The lowest BCUT2D eigenvalue weighted by Gasteiger charge is -2.29.